The molecule has 0 bridgehead atoms. The molecule has 1 aliphatic carbocycles. The second-order valence-corrected chi connectivity index (χ2v) is 16.2. The monoisotopic (exact) mass is 665 g/mol. The Labute approximate surface area is 297 Å². The lowest BCUT2D eigenvalue weighted by Crippen LogP contribution is -2.57. The smallest absolute Gasteiger partial charge is 0.262 e. The number of nitrogens with zero attached hydrogens (tertiary/aromatic N) is 1. The van der Waals surface area contributed by atoms with Crippen molar-refractivity contribution in [2.24, 2.45) is 0 Å². The van der Waals surface area contributed by atoms with Crippen molar-refractivity contribution >= 4 is 61.6 Å². The molecule has 3 aliphatic rings. The summed E-state index contributed by atoms with van der Waals surface area (Å²) in [5, 5.41) is 2.16. The molecule has 5 heteroatoms. The first-order chi connectivity index (χ1) is 24.3. The summed E-state index contributed by atoms with van der Waals surface area (Å²) in [6, 6.07) is 48.0. The molecule has 2 aliphatic heterocycles. The molecule has 3 heterocycles. The molecule has 0 saturated heterocycles. The summed E-state index contributed by atoms with van der Waals surface area (Å²) in [6.45, 7) is 9.51. The van der Waals surface area contributed by atoms with Crippen LogP contribution in [0.15, 0.2) is 133 Å². The van der Waals surface area contributed by atoms with Crippen molar-refractivity contribution < 1.29 is 9.47 Å². The summed E-state index contributed by atoms with van der Waals surface area (Å²) in [6.07, 6.45) is 1.15. The summed E-state index contributed by atoms with van der Waals surface area (Å²) in [5.74, 6) is 2.65. The van der Waals surface area contributed by atoms with E-state index in [1.165, 1.54) is 43.3 Å². The fourth-order valence-corrected chi connectivity index (χ4v) is 10.3. The number of ether oxygens (including phenoxy) is 2. The van der Waals surface area contributed by atoms with Crippen LogP contribution >= 0.6 is 11.3 Å². The van der Waals surface area contributed by atoms with Crippen molar-refractivity contribution in [1.29, 1.82) is 0 Å². The number of thiophene rings is 1. The van der Waals surface area contributed by atoms with Crippen molar-refractivity contribution in [2.45, 2.75) is 44.9 Å². The average Bonchev–Trinajstić information content (AvgIpc) is 3.59. The third-order valence-electron chi connectivity index (χ3n) is 11.0. The Morgan fingerprint density at radius 3 is 1.96 bits per heavy atom. The highest BCUT2D eigenvalue weighted by atomic mass is 32.1. The average molecular weight is 666 g/mol. The summed E-state index contributed by atoms with van der Waals surface area (Å²) in [5.41, 5.74) is 12.5. The first-order valence-electron chi connectivity index (χ1n) is 17.5. The van der Waals surface area contributed by atoms with Gasteiger partial charge < -0.3 is 14.4 Å². The van der Waals surface area contributed by atoms with Crippen LogP contribution < -0.4 is 30.8 Å². The molecule has 1 aromatic heterocycles. The van der Waals surface area contributed by atoms with E-state index in [2.05, 4.69) is 160 Å². The molecule has 50 heavy (non-hydrogen) atoms. The van der Waals surface area contributed by atoms with Gasteiger partial charge in [0.25, 0.3) is 6.71 Å². The standard InChI is InChI=1S/C45H36BNO2S/c1-44(2)27-45(3,4)34-25-28(21-23-33(34)44)29-22-24-35-39(26-29)48-37-19-12-20-38-41(37)46(35)40-32-17-11-18-36(42(32)50-43(40)49-38)47(30-13-7-5-8-14-30)31-15-9-6-10-16-31/h5-26H,27H2,1-4H3. The predicted octanol–water partition coefficient (Wildman–Crippen LogP) is 10.7. The highest BCUT2D eigenvalue weighted by Crippen LogP contribution is 2.51. The Balaban J connectivity index is 1.14. The van der Waals surface area contributed by atoms with Crippen molar-refractivity contribution in [1.82, 2.24) is 0 Å². The molecule has 6 aromatic carbocycles. The minimum absolute atomic E-state index is 0.00611. The van der Waals surface area contributed by atoms with E-state index < -0.39 is 0 Å². The van der Waals surface area contributed by atoms with Crippen molar-refractivity contribution in [3.8, 4) is 33.4 Å². The van der Waals surface area contributed by atoms with Gasteiger partial charge in [0.05, 0.1) is 10.4 Å². The van der Waals surface area contributed by atoms with Crippen LogP contribution in [0.3, 0.4) is 0 Å². The molecular formula is C45H36BNO2S. The maximum atomic E-state index is 6.76. The van der Waals surface area contributed by atoms with Gasteiger partial charge in [-0.15, -0.1) is 0 Å². The van der Waals surface area contributed by atoms with Gasteiger partial charge in [0.2, 0.25) is 0 Å². The van der Waals surface area contributed by atoms with Crippen LogP contribution in [-0.2, 0) is 10.8 Å². The lowest BCUT2D eigenvalue weighted by atomic mass is 9.35. The number of para-hydroxylation sites is 2. The SMILES string of the molecule is CC1(C)CC(C)(C)c2cc(-c3ccc4c(c3)Oc3cccc5c3B4c3c(sc4c(N(c6ccccc6)c6ccccc6)cccc34)O5)ccc21. The Morgan fingerprint density at radius 1 is 0.580 bits per heavy atom. The minimum atomic E-state index is -0.00611. The van der Waals surface area contributed by atoms with Crippen molar-refractivity contribution in [3.05, 3.63) is 145 Å². The summed E-state index contributed by atoms with van der Waals surface area (Å²) in [4.78, 5) is 2.35. The van der Waals surface area contributed by atoms with Gasteiger partial charge in [-0.25, -0.2) is 0 Å². The van der Waals surface area contributed by atoms with Crippen LogP contribution in [0, 0.1) is 0 Å². The highest BCUT2D eigenvalue weighted by molar-refractivity contribution is 7.24. The van der Waals surface area contributed by atoms with Crippen molar-refractivity contribution in [2.75, 3.05) is 4.90 Å². The van der Waals surface area contributed by atoms with E-state index in [4.69, 9.17) is 9.47 Å². The molecule has 0 atom stereocenters. The molecule has 242 valence electrons. The molecular weight excluding hydrogens is 629 g/mol. The molecule has 0 radical (unpaired) electrons. The second-order valence-electron chi connectivity index (χ2n) is 15.2. The van der Waals surface area contributed by atoms with E-state index in [1.807, 2.05) is 6.07 Å². The van der Waals surface area contributed by atoms with Gasteiger partial charge in [-0.05, 0) is 104 Å². The summed E-state index contributed by atoms with van der Waals surface area (Å²) in [7, 11) is 0. The predicted molar refractivity (Wildman–Crippen MR) is 210 cm³/mol. The van der Waals surface area contributed by atoms with Crippen LogP contribution in [0.1, 0.15) is 45.2 Å². The topological polar surface area (TPSA) is 21.7 Å². The van der Waals surface area contributed by atoms with Gasteiger partial charge in [-0.2, -0.15) is 0 Å². The van der Waals surface area contributed by atoms with Crippen molar-refractivity contribution in [3.63, 3.8) is 0 Å². The number of rotatable bonds is 4. The van der Waals surface area contributed by atoms with Crippen LogP contribution in [0.2, 0.25) is 0 Å². The first-order valence-corrected chi connectivity index (χ1v) is 18.3. The molecule has 0 amide bonds. The number of benzene rings is 6. The lowest BCUT2D eigenvalue weighted by molar-refractivity contribution is 0.403. The van der Waals surface area contributed by atoms with E-state index in [0.717, 1.165) is 51.3 Å². The van der Waals surface area contributed by atoms with Gasteiger partial charge in [0.1, 0.15) is 17.2 Å². The van der Waals surface area contributed by atoms with Gasteiger partial charge in [0.15, 0.2) is 5.06 Å². The molecule has 7 aromatic rings. The van der Waals surface area contributed by atoms with Crippen LogP contribution in [0.4, 0.5) is 17.1 Å². The van der Waals surface area contributed by atoms with E-state index in [9.17, 15) is 0 Å². The zero-order valence-electron chi connectivity index (χ0n) is 28.7. The third kappa shape index (κ3) is 4.36. The van der Waals surface area contributed by atoms with E-state index in [0.29, 0.717) is 0 Å². The summed E-state index contributed by atoms with van der Waals surface area (Å²) >= 11 is 1.74. The molecule has 0 fully saturated rings. The maximum absolute atomic E-state index is 6.76. The van der Waals surface area contributed by atoms with Gasteiger partial charge in [-0.3, -0.25) is 0 Å². The quantitative estimate of drug-likeness (QED) is 0.175. The van der Waals surface area contributed by atoms with Crippen LogP contribution in [-0.4, -0.2) is 6.71 Å². The first kappa shape index (κ1) is 29.6. The number of anilines is 3. The fourth-order valence-electron chi connectivity index (χ4n) is 9.08. The van der Waals surface area contributed by atoms with E-state index >= 15 is 0 Å². The zero-order valence-corrected chi connectivity index (χ0v) is 29.5. The van der Waals surface area contributed by atoms with Gasteiger partial charge in [0, 0.05) is 16.8 Å². The summed E-state index contributed by atoms with van der Waals surface area (Å²) < 4.78 is 14.7. The van der Waals surface area contributed by atoms with Crippen LogP contribution in [0.25, 0.3) is 21.2 Å². The van der Waals surface area contributed by atoms with E-state index in [-0.39, 0.29) is 17.5 Å². The third-order valence-corrected chi connectivity index (χ3v) is 12.1. The molecule has 3 nitrogen and oxygen atoms in total. The zero-order chi connectivity index (χ0) is 33.8. The van der Waals surface area contributed by atoms with E-state index in [1.54, 1.807) is 11.3 Å². The molecule has 0 spiro atoms. The number of hydrogen-bond acceptors (Lipinski definition) is 4. The number of fused-ring (bicyclic) bond motifs is 7. The van der Waals surface area contributed by atoms with Gasteiger partial charge in [-0.1, -0.05) is 124 Å². The largest absolute Gasteiger partial charge is 0.458 e. The Morgan fingerprint density at radius 2 is 1.22 bits per heavy atom. The Bertz CT molecular complexity index is 2440. The lowest BCUT2D eigenvalue weighted by Gasteiger charge is -2.31. The maximum Gasteiger partial charge on any atom is 0.262 e. The Hall–Kier alpha value is -5.26. The molecule has 0 saturated carbocycles. The van der Waals surface area contributed by atoms with Crippen LogP contribution in [0.5, 0.6) is 22.3 Å². The second kappa shape index (κ2) is 10.6. The fraction of sp³-hybridized carbons (Fsp3) is 0.156. The highest BCUT2D eigenvalue weighted by Gasteiger charge is 2.44. The molecule has 0 unspecified atom stereocenters. The van der Waals surface area contributed by atoms with Gasteiger partial charge >= 0.3 is 0 Å². The Kier molecular flexibility index (Phi) is 6.30. The number of hydrogen-bond donors (Lipinski definition) is 0. The normalized spacial score (nSPS) is 15.7. The minimum Gasteiger partial charge on any atom is -0.458 e. The molecule has 0 N–H and O–H groups in total. The molecule has 10 rings (SSSR count).